The van der Waals surface area contributed by atoms with Crippen LogP contribution in [0.15, 0.2) is 18.6 Å². The molecule has 0 unspecified atom stereocenters. The van der Waals surface area contributed by atoms with Gasteiger partial charge in [-0.1, -0.05) is 11.6 Å². The third-order valence-corrected chi connectivity index (χ3v) is 2.98. The van der Waals surface area contributed by atoms with Gasteiger partial charge in [0.1, 0.15) is 23.4 Å². The lowest BCUT2D eigenvalue weighted by Gasteiger charge is -2.11. The van der Waals surface area contributed by atoms with Gasteiger partial charge in [-0.3, -0.25) is 0 Å². The van der Waals surface area contributed by atoms with Crippen molar-refractivity contribution in [3.63, 3.8) is 0 Å². The van der Waals surface area contributed by atoms with Gasteiger partial charge >= 0.3 is 0 Å². The fourth-order valence-electron chi connectivity index (χ4n) is 1.95. The van der Waals surface area contributed by atoms with Crippen LogP contribution in [0.4, 0.5) is 0 Å². The van der Waals surface area contributed by atoms with Gasteiger partial charge in [0.05, 0.1) is 5.39 Å². The molecule has 0 radical (unpaired) electrons. The molecule has 3 rings (SSSR count). The van der Waals surface area contributed by atoms with Gasteiger partial charge in [0, 0.05) is 12.8 Å². The van der Waals surface area contributed by atoms with Crippen LogP contribution in [0.2, 0.25) is 5.15 Å². The van der Waals surface area contributed by atoms with Crippen LogP contribution in [0.1, 0.15) is 19.1 Å². The van der Waals surface area contributed by atoms with E-state index in [2.05, 4.69) is 9.97 Å². The van der Waals surface area contributed by atoms with Gasteiger partial charge in [0.15, 0.2) is 0 Å². The maximum atomic E-state index is 5.97. The highest BCUT2D eigenvalue weighted by Gasteiger charge is 2.19. The second-order valence-corrected chi connectivity index (χ2v) is 3.95. The summed E-state index contributed by atoms with van der Waals surface area (Å²) in [5.41, 5.74) is 0.849. The molecule has 15 heavy (non-hydrogen) atoms. The minimum Gasteiger partial charge on any atom is -0.358 e. The maximum Gasteiger partial charge on any atom is 0.146 e. The van der Waals surface area contributed by atoms with Crippen LogP contribution in [0.5, 0.6) is 0 Å². The van der Waals surface area contributed by atoms with Crippen molar-refractivity contribution in [2.45, 2.75) is 19.1 Å². The molecule has 2 aromatic rings. The molecule has 0 N–H and O–H groups in total. The van der Waals surface area contributed by atoms with Gasteiger partial charge in [0.25, 0.3) is 0 Å². The van der Waals surface area contributed by atoms with Gasteiger partial charge in [-0.25, -0.2) is 9.97 Å². The predicted molar refractivity (Wildman–Crippen MR) is 56.8 cm³/mol. The van der Waals surface area contributed by atoms with Crippen LogP contribution in [0.25, 0.3) is 11.0 Å². The van der Waals surface area contributed by atoms with Crippen LogP contribution < -0.4 is 0 Å². The molecule has 1 fully saturated rings. The number of fused-ring (bicyclic) bond motifs is 1. The summed E-state index contributed by atoms with van der Waals surface area (Å²) in [5, 5.41) is 1.38. The zero-order chi connectivity index (χ0) is 10.3. The fourth-order valence-corrected chi connectivity index (χ4v) is 2.14. The van der Waals surface area contributed by atoms with Crippen LogP contribution in [0.3, 0.4) is 0 Å². The molecule has 5 heteroatoms. The molecular weight excluding hydrogens is 214 g/mol. The van der Waals surface area contributed by atoms with Crippen molar-refractivity contribution >= 4 is 22.6 Å². The summed E-state index contributed by atoms with van der Waals surface area (Å²) in [6, 6.07) is 1.93. The van der Waals surface area contributed by atoms with E-state index in [0.717, 1.165) is 30.5 Å². The molecule has 0 saturated carbocycles. The monoisotopic (exact) mass is 223 g/mol. The van der Waals surface area contributed by atoms with E-state index in [0.29, 0.717) is 5.15 Å². The lowest BCUT2D eigenvalue weighted by atomic mass is 10.3. The number of halogens is 1. The first-order chi connectivity index (χ1) is 7.36. The molecule has 2 aromatic heterocycles. The Bertz CT molecular complexity index is 490. The number of hydrogen-bond acceptors (Lipinski definition) is 3. The normalized spacial score (nSPS) is 21.3. The Morgan fingerprint density at radius 2 is 2.40 bits per heavy atom. The van der Waals surface area contributed by atoms with Gasteiger partial charge in [-0.05, 0) is 18.9 Å². The summed E-state index contributed by atoms with van der Waals surface area (Å²) in [5.74, 6) is 0. The summed E-state index contributed by atoms with van der Waals surface area (Å²) < 4.78 is 7.63. The van der Waals surface area contributed by atoms with Crippen molar-refractivity contribution in [2.24, 2.45) is 0 Å². The zero-order valence-electron chi connectivity index (χ0n) is 8.06. The third kappa shape index (κ3) is 1.41. The van der Waals surface area contributed by atoms with E-state index in [-0.39, 0.29) is 6.23 Å². The average Bonchev–Trinajstić information content (AvgIpc) is 2.85. The summed E-state index contributed by atoms with van der Waals surface area (Å²) >= 11 is 5.97. The molecular formula is C10H10ClN3O. The predicted octanol–water partition coefficient (Wildman–Crippen LogP) is 2.39. The highest BCUT2D eigenvalue weighted by Crippen LogP contribution is 2.28. The first-order valence-electron chi connectivity index (χ1n) is 4.95. The summed E-state index contributed by atoms with van der Waals surface area (Å²) in [7, 11) is 0. The quantitative estimate of drug-likeness (QED) is 0.697. The van der Waals surface area contributed by atoms with E-state index < -0.39 is 0 Å². The Labute approximate surface area is 91.8 Å². The largest absolute Gasteiger partial charge is 0.358 e. The Morgan fingerprint density at radius 3 is 3.20 bits per heavy atom. The molecule has 0 aromatic carbocycles. The van der Waals surface area contributed by atoms with E-state index in [1.165, 1.54) is 6.33 Å². The van der Waals surface area contributed by atoms with Gasteiger partial charge in [-0.2, -0.15) is 0 Å². The van der Waals surface area contributed by atoms with Gasteiger partial charge in [-0.15, -0.1) is 0 Å². The Balaban J connectivity index is 2.15. The Hall–Kier alpha value is -1.13. The summed E-state index contributed by atoms with van der Waals surface area (Å²) in [6.45, 7) is 0.823. The van der Waals surface area contributed by atoms with Crippen LogP contribution >= 0.6 is 11.6 Å². The molecule has 78 valence electrons. The van der Waals surface area contributed by atoms with E-state index in [1.807, 2.05) is 16.8 Å². The maximum absolute atomic E-state index is 5.97. The number of nitrogens with zero attached hydrogens (tertiary/aromatic N) is 3. The first-order valence-corrected chi connectivity index (χ1v) is 5.33. The molecule has 1 saturated heterocycles. The van der Waals surface area contributed by atoms with E-state index in [9.17, 15) is 0 Å². The van der Waals surface area contributed by atoms with Crippen LogP contribution in [-0.2, 0) is 4.74 Å². The van der Waals surface area contributed by atoms with Crippen molar-refractivity contribution < 1.29 is 4.74 Å². The molecule has 1 aliphatic rings. The minimum atomic E-state index is 0.105. The topological polar surface area (TPSA) is 39.9 Å². The molecule has 0 bridgehead atoms. The summed E-state index contributed by atoms with van der Waals surface area (Å²) in [6.07, 6.45) is 5.68. The lowest BCUT2D eigenvalue weighted by molar-refractivity contribution is 0.0597. The lowest BCUT2D eigenvalue weighted by Crippen LogP contribution is -2.06. The van der Waals surface area contributed by atoms with Crippen molar-refractivity contribution in [3.8, 4) is 0 Å². The summed E-state index contributed by atoms with van der Waals surface area (Å²) in [4.78, 5) is 8.18. The smallest absolute Gasteiger partial charge is 0.146 e. The number of ether oxygens (including phenoxy) is 1. The molecule has 3 heterocycles. The second-order valence-electron chi connectivity index (χ2n) is 3.59. The Kier molecular flexibility index (Phi) is 2.11. The molecule has 1 atom stereocenters. The number of aromatic nitrogens is 3. The average molecular weight is 224 g/mol. The van der Waals surface area contributed by atoms with Crippen molar-refractivity contribution in [2.75, 3.05) is 6.61 Å². The highest BCUT2D eigenvalue weighted by molar-refractivity contribution is 6.33. The minimum absolute atomic E-state index is 0.105. The molecule has 0 aliphatic carbocycles. The zero-order valence-corrected chi connectivity index (χ0v) is 8.81. The van der Waals surface area contributed by atoms with Crippen molar-refractivity contribution in [3.05, 3.63) is 23.7 Å². The van der Waals surface area contributed by atoms with Crippen LogP contribution in [0, 0.1) is 0 Å². The second kappa shape index (κ2) is 3.47. The number of rotatable bonds is 1. The van der Waals surface area contributed by atoms with Gasteiger partial charge < -0.3 is 9.30 Å². The SMILES string of the molecule is Clc1ncnc2c1ccn2[C@@H]1CCCO1. The van der Waals surface area contributed by atoms with Gasteiger partial charge in [0.2, 0.25) is 0 Å². The van der Waals surface area contributed by atoms with E-state index >= 15 is 0 Å². The number of hydrogen-bond donors (Lipinski definition) is 0. The highest BCUT2D eigenvalue weighted by atomic mass is 35.5. The van der Waals surface area contributed by atoms with E-state index in [1.54, 1.807) is 0 Å². The van der Waals surface area contributed by atoms with Crippen molar-refractivity contribution in [1.29, 1.82) is 0 Å². The molecule has 4 nitrogen and oxygen atoms in total. The van der Waals surface area contributed by atoms with E-state index in [4.69, 9.17) is 16.3 Å². The first kappa shape index (κ1) is 9.12. The standard InChI is InChI=1S/C10H10ClN3O/c11-9-7-3-4-14(8-2-1-5-15-8)10(7)13-6-12-9/h3-4,6,8H,1-2,5H2/t8-/m0/s1. The molecule has 1 aliphatic heterocycles. The molecule has 0 spiro atoms. The Morgan fingerprint density at radius 1 is 1.47 bits per heavy atom. The van der Waals surface area contributed by atoms with Crippen molar-refractivity contribution in [1.82, 2.24) is 14.5 Å². The third-order valence-electron chi connectivity index (χ3n) is 2.68. The van der Waals surface area contributed by atoms with Crippen LogP contribution in [-0.4, -0.2) is 21.1 Å². The fraction of sp³-hybridized carbons (Fsp3) is 0.400. The molecule has 0 amide bonds.